The van der Waals surface area contributed by atoms with Crippen molar-refractivity contribution >= 4 is 23.5 Å². The van der Waals surface area contributed by atoms with E-state index >= 15 is 0 Å². The van der Waals surface area contributed by atoms with E-state index in [9.17, 15) is 29.6 Å². The Morgan fingerprint density at radius 3 is 2.10 bits per heavy atom. The molecule has 0 saturated carbocycles. The zero-order chi connectivity index (χ0) is 36.8. The second kappa shape index (κ2) is 14.6. The van der Waals surface area contributed by atoms with Crippen LogP contribution >= 0.6 is 11.6 Å². The van der Waals surface area contributed by atoms with Gasteiger partial charge in [0, 0.05) is 34.5 Å². The van der Waals surface area contributed by atoms with Gasteiger partial charge in [-0.2, -0.15) is 10.5 Å². The molecule has 0 amide bonds. The van der Waals surface area contributed by atoms with Crippen molar-refractivity contribution in [3.63, 3.8) is 0 Å². The fourth-order valence-electron chi connectivity index (χ4n) is 4.34. The van der Waals surface area contributed by atoms with Gasteiger partial charge in [0.15, 0.2) is 5.82 Å². The number of hydrogen-bond acceptors (Lipinski definition) is 12. The first-order chi connectivity index (χ1) is 25.1. The van der Waals surface area contributed by atoms with E-state index in [-0.39, 0.29) is 44.9 Å². The number of carbonyl (C=O) groups is 2. The molecule has 0 atom stereocenters. The molecule has 6 aromatic rings. The van der Waals surface area contributed by atoms with Crippen molar-refractivity contribution in [2.45, 2.75) is 0 Å². The van der Waals surface area contributed by atoms with Gasteiger partial charge in [-0.15, -0.1) is 0 Å². The van der Waals surface area contributed by atoms with Crippen molar-refractivity contribution in [2.24, 2.45) is 0 Å². The first kappa shape index (κ1) is 33.8. The number of nitrogens with one attached hydrogen (secondary N) is 2. The van der Waals surface area contributed by atoms with Gasteiger partial charge in [0.05, 0.1) is 28.3 Å². The molecule has 0 aliphatic heterocycles. The number of aromatic carboxylic acids is 2. The van der Waals surface area contributed by atoms with E-state index in [1.54, 1.807) is 24.3 Å². The lowest BCUT2D eigenvalue weighted by Gasteiger charge is -2.07. The number of hydrogen-bond donors (Lipinski definition) is 4. The number of halogens is 2. The Bertz CT molecular complexity index is 2640. The van der Waals surface area contributed by atoms with E-state index in [2.05, 4.69) is 76.6 Å². The predicted octanol–water partition coefficient (Wildman–Crippen LogP) is 4.70. The monoisotopic (exact) mass is 712 g/mol. The number of nitrogens with zero attached hydrogens (tertiary/aromatic N) is 8. The van der Waals surface area contributed by atoms with E-state index in [0.717, 1.165) is 6.07 Å². The highest BCUT2D eigenvalue weighted by Crippen LogP contribution is 2.28. The molecule has 250 valence electrons. The number of rotatable bonds is 7. The highest BCUT2D eigenvalue weighted by atomic mass is 35.5. The van der Waals surface area contributed by atoms with Crippen LogP contribution < -0.4 is 9.47 Å². The largest absolute Gasteiger partial charge is 0.476 e. The summed E-state index contributed by atoms with van der Waals surface area (Å²) in [5, 5.41) is 56.3. The standard InChI is InChI=1S/C34H14ClFN10O6/c35-24-6-8-27(51-31-28(33(47)48)41-45-43-31)40-26(24)7-4-18-9-20(14-37)11-22(10-18)23-12-17(3-5-21(23)15-38)1-2-19-13-25(36)30(39-16-19)52-32-29(34(49)50)42-46-44-32/h3,5-6,8-13,16H,(H,47,48)(H,49,50)(H,41,43,45)(H,42,44,46). The molecule has 0 radical (unpaired) electrons. The first-order valence-corrected chi connectivity index (χ1v) is 14.6. The van der Waals surface area contributed by atoms with Crippen molar-refractivity contribution in [3.05, 3.63) is 117 Å². The topological polar surface area (TPSA) is 250 Å². The maximum atomic E-state index is 14.7. The van der Waals surface area contributed by atoms with Crippen LogP contribution in [-0.4, -0.2) is 62.9 Å². The summed E-state index contributed by atoms with van der Waals surface area (Å²) in [5.74, 6) is 6.29. The normalized spacial score (nSPS) is 10.1. The highest BCUT2D eigenvalue weighted by molar-refractivity contribution is 6.31. The van der Waals surface area contributed by atoms with Crippen LogP contribution in [0.15, 0.2) is 60.8 Å². The summed E-state index contributed by atoms with van der Waals surface area (Å²) < 4.78 is 25.3. The summed E-state index contributed by atoms with van der Waals surface area (Å²) in [6, 6.07) is 17.5. The molecule has 0 unspecified atom stereocenters. The molecule has 16 nitrogen and oxygen atoms in total. The second-order valence-corrected chi connectivity index (χ2v) is 10.5. The fourth-order valence-corrected chi connectivity index (χ4v) is 4.49. The number of carboxylic acids is 2. The minimum absolute atomic E-state index is 0.0585. The van der Waals surface area contributed by atoms with Crippen molar-refractivity contribution in [3.8, 4) is 70.5 Å². The minimum Gasteiger partial charge on any atom is -0.476 e. The van der Waals surface area contributed by atoms with Crippen LogP contribution in [0.5, 0.6) is 23.5 Å². The zero-order valence-corrected chi connectivity index (χ0v) is 26.4. The van der Waals surface area contributed by atoms with Gasteiger partial charge in [0.1, 0.15) is 5.69 Å². The van der Waals surface area contributed by atoms with Gasteiger partial charge in [-0.25, -0.2) is 34.1 Å². The van der Waals surface area contributed by atoms with E-state index < -0.39 is 35.2 Å². The molecule has 0 fully saturated rings. The smallest absolute Gasteiger partial charge is 0.359 e. The quantitative estimate of drug-likeness (QED) is 0.164. The lowest BCUT2D eigenvalue weighted by Crippen LogP contribution is -2.01. The molecule has 0 spiro atoms. The Kier molecular flexibility index (Phi) is 9.45. The number of H-pyrrole nitrogens is 2. The lowest BCUT2D eigenvalue weighted by molar-refractivity contribution is 0.0676. The average Bonchev–Trinajstić information content (AvgIpc) is 3.82. The van der Waals surface area contributed by atoms with E-state index in [1.807, 2.05) is 0 Å². The number of aromatic amines is 2. The first-order valence-electron chi connectivity index (χ1n) is 14.2. The van der Waals surface area contributed by atoms with Gasteiger partial charge in [-0.1, -0.05) is 50.0 Å². The molecule has 4 heterocycles. The van der Waals surface area contributed by atoms with E-state index in [1.165, 1.54) is 30.5 Å². The molecule has 52 heavy (non-hydrogen) atoms. The third kappa shape index (κ3) is 7.46. The van der Waals surface area contributed by atoms with Crippen LogP contribution in [0.2, 0.25) is 5.02 Å². The maximum Gasteiger partial charge on any atom is 0.359 e. The third-order valence-electron chi connectivity index (χ3n) is 6.67. The molecular formula is C34H14ClFN10O6. The maximum absolute atomic E-state index is 14.7. The van der Waals surface area contributed by atoms with Crippen LogP contribution in [-0.2, 0) is 0 Å². The molecule has 18 heteroatoms. The van der Waals surface area contributed by atoms with Crippen LogP contribution in [0, 0.1) is 52.2 Å². The van der Waals surface area contributed by atoms with Gasteiger partial charge in [-0.05, 0) is 60.0 Å². The molecule has 0 aliphatic carbocycles. The van der Waals surface area contributed by atoms with Gasteiger partial charge < -0.3 is 19.7 Å². The fraction of sp³-hybridized carbons (Fsp3) is 0. The Hall–Kier alpha value is -8.12. The number of benzene rings is 2. The van der Waals surface area contributed by atoms with Gasteiger partial charge in [0.2, 0.25) is 17.3 Å². The number of ether oxygens (including phenoxy) is 2. The van der Waals surface area contributed by atoms with Crippen molar-refractivity contribution in [2.75, 3.05) is 0 Å². The molecule has 6 rings (SSSR count). The minimum atomic E-state index is -1.41. The van der Waals surface area contributed by atoms with Crippen molar-refractivity contribution in [1.82, 2.24) is 40.8 Å². The Morgan fingerprint density at radius 1 is 0.750 bits per heavy atom. The SMILES string of the molecule is N#Cc1cc(C#Cc2nc(Oc3nn[nH]c3C(=O)O)ccc2Cl)cc(-c2cc(C#Cc3cnc(Oc4nn[nH]c4C(=O)O)c(F)c3)ccc2C#N)c1. The molecule has 0 aliphatic rings. The second-order valence-electron chi connectivity index (χ2n) is 10.1. The number of carboxylic acid groups (broad SMARTS) is 2. The summed E-state index contributed by atoms with van der Waals surface area (Å²) in [6.45, 7) is 0. The predicted molar refractivity (Wildman–Crippen MR) is 174 cm³/mol. The molecule has 4 aromatic heterocycles. The molecule has 0 bridgehead atoms. The summed E-state index contributed by atoms with van der Waals surface area (Å²) in [4.78, 5) is 30.6. The van der Waals surface area contributed by atoms with Crippen LogP contribution in [0.1, 0.15) is 54.5 Å². The van der Waals surface area contributed by atoms with Crippen molar-refractivity contribution < 1.29 is 33.7 Å². The van der Waals surface area contributed by atoms with Crippen molar-refractivity contribution in [1.29, 1.82) is 10.5 Å². The number of pyridine rings is 2. The molecule has 0 saturated heterocycles. The Morgan fingerprint density at radius 2 is 1.42 bits per heavy atom. The van der Waals surface area contributed by atoms with Crippen LogP contribution in [0.3, 0.4) is 0 Å². The van der Waals surface area contributed by atoms with Gasteiger partial charge in [-0.3, -0.25) is 0 Å². The summed E-state index contributed by atoms with van der Waals surface area (Å²) in [6.07, 6.45) is 1.21. The van der Waals surface area contributed by atoms with E-state index in [0.29, 0.717) is 22.3 Å². The molecule has 4 N–H and O–H groups in total. The van der Waals surface area contributed by atoms with Gasteiger partial charge in [0.25, 0.3) is 17.6 Å². The number of nitriles is 2. The van der Waals surface area contributed by atoms with Gasteiger partial charge >= 0.3 is 11.9 Å². The summed E-state index contributed by atoms with van der Waals surface area (Å²) in [5.41, 5.74) is 1.56. The molecular weight excluding hydrogens is 699 g/mol. The average molecular weight is 713 g/mol. The summed E-state index contributed by atoms with van der Waals surface area (Å²) in [7, 11) is 0. The highest BCUT2D eigenvalue weighted by Gasteiger charge is 2.20. The molecule has 2 aromatic carbocycles. The zero-order valence-electron chi connectivity index (χ0n) is 25.6. The Labute approximate surface area is 295 Å². The Balaban J connectivity index is 1.27. The lowest BCUT2D eigenvalue weighted by atomic mass is 9.95. The van der Waals surface area contributed by atoms with Crippen LogP contribution in [0.25, 0.3) is 11.1 Å². The van der Waals surface area contributed by atoms with Crippen LogP contribution in [0.4, 0.5) is 4.39 Å². The third-order valence-corrected chi connectivity index (χ3v) is 6.98. The number of aromatic nitrogens is 8. The van der Waals surface area contributed by atoms with E-state index in [4.69, 9.17) is 26.2 Å². The summed E-state index contributed by atoms with van der Waals surface area (Å²) >= 11 is 6.30.